The Morgan fingerprint density at radius 1 is 0.388 bits per heavy atom. The first kappa shape index (κ1) is 46.0. The molecule has 0 amide bonds. The Labute approximate surface area is 464 Å². The maximum Gasteiger partial charge on any atom is 0.333 e. The number of nitrogens with zero attached hydrogens (tertiary/aromatic N) is 4. The van der Waals surface area contributed by atoms with Crippen LogP contribution in [0.4, 0.5) is 51.2 Å². The number of hydrogen-bond acceptors (Lipinski definition) is 6. The average molecular weight is 1030 g/mol. The predicted molar refractivity (Wildman–Crippen MR) is 330 cm³/mol. The highest BCUT2D eigenvalue weighted by Crippen LogP contribution is 2.55. The molecule has 0 unspecified atom stereocenters. The van der Waals surface area contributed by atoms with Crippen LogP contribution in [0.15, 0.2) is 259 Å². The minimum atomic E-state index is -0.360. The summed E-state index contributed by atoms with van der Waals surface area (Å²) in [6.07, 6.45) is 0. The summed E-state index contributed by atoms with van der Waals surface area (Å²) >= 11 is 0. The van der Waals surface area contributed by atoms with Crippen molar-refractivity contribution in [2.45, 2.75) is 26.2 Å². The number of benzene rings is 11. The number of fused-ring (bicyclic) bond motifs is 11. The Kier molecular flexibility index (Phi) is 10.2. The summed E-state index contributed by atoms with van der Waals surface area (Å²) in [6.45, 7) is 6.52. The zero-order chi connectivity index (χ0) is 53.2. The van der Waals surface area contributed by atoms with Crippen molar-refractivity contribution in [2.75, 3.05) is 14.7 Å². The number of para-hydroxylation sites is 7. The quantitative estimate of drug-likeness (QED) is 0.141. The second-order valence-electron chi connectivity index (χ2n) is 22.1. The van der Waals surface area contributed by atoms with Gasteiger partial charge in [-0.1, -0.05) is 154 Å². The van der Waals surface area contributed by atoms with E-state index in [-0.39, 0.29) is 12.3 Å². The van der Waals surface area contributed by atoms with Crippen molar-refractivity contribution in [1.29, 1.82) is 0 Å². The lowest BCUT2D eigenvalue weighted by molar-refractivity contribution is 0.360. The lowest BCUT2D eigenvalue weighted by Gasteiger charge is -2.42. The summed E-state index contributed by atoms with van der Waals surface area (Å²) < 4.78 is 23.6. The summed E-state index contributed by atoms with van der Waals surface area (Å²) in [5.41, 5.74) is 20.9. The molecule has 0 radical (unpaired) electrons. The zero-order valence-corrected chi connectivity index (χ0v) is 44.3. The van der Waals surface area contributed by atoms with E-state index in [1.165, 1.54) is 5.56 Å². The molecule has 8 heteroatoms. The fourth-order valence-corrected chi connectivity index (χ4v) is 12.7. The molecule has 0 spiro atoms. The minimum Gasteiger partial charge on any atom is -0.454 e. The highest BCUT2D eigenvalue weighted by Gasteiger charge is 2.46. The first-order valence-corrected chi connectivity index (χ1v) is 27.4. The molecule has 0 aliphatic carbocycles. The molecular formula is C72H51BN4O3. The topological polar surface area (TPSA) is 46.2 Å². The van der Waals surface area contributed by atoms with Crippen LogP contribution in [0.1, 0.15) is 26.3 Å². The monoisotopic (exact) mass is 1030 g/mol. The van der Waals surface area contributed by atoms with Crippen LogP contribution in [0, 0.1) is 0 Å². The first-order valence-electron chi connectivity index (χ1n) is 27.4. The first-order chi connectivity index (χ1) is 39.3. The standard InChI is InChI=1S/C72H51BN4O3/c1-72(2,3)47-37-38-60(55(39-47)46-23-9-4-10-24-46)76-61-45-67-66(78-64-35-21-22-36-65(64)79-67)44-59(61)73-68-56(40-53(43-62(68)76)75(50-29-15-7-16-30-50)51-31-17-8-18-32-51)57-41-52(74(48-25-11-5-12-26-48)49-27-13-6-14-28-49)42-58-69(57)77(73)70-54-33-19-20-34-63(54)80-71(58)70/h4-45H,1-3H3. The molecule has 2 aromatic heterocycles. The molecule has 3 aliphatic heterocycles. The number of ether oxygens (including phenoxy) is 2. The predicted octanol–water partition coefficient (Wildman–Crippen LogP) is 18.8. The van der Waals surface area contributed by atoms with Crippen molar-refractivity contribution in [3.63, 3.8) is 0 Å². The van der Waals surface area contributed by atoms with Crippen molar-refractivity contribution in [3.05, 3.63) is 260 Å². The summed E-state index contributed by atoms with van der Waals surface area (Å²) in [4.78, 5) is 7.29. The molecule has 13 aromatic rings. The van der Waals surface area contributed by atoms with Crippen LogP contribution in [0.25, 0.3) is 55.2 Å². The van der Waals surface area contributed by atoms with E-state index in [1.807, 2.05) is 24.3 Å². The van der Waals surface area contributed by atoms with Gasteiger partial charge in [0, 0.05) is 79.0 Å². The Balaban J connectivity index is 1.09. The van der Waals surface area contributed by atoms with Gasteiger partial charge >= 0.3 is 6.85 Å². The van der Waals surface area contributed by atoms with Crippen LogP contribution in [-0.4, -0.2) is 11.3 Å². The molecule has 80 heavy (non-hydrogen) atoms. The van der Waals surface area contributed by atoms with Gasteiger partial charge in [0.2, 0.25) is 0 Å². The van der Waals surface area contributed by atoms with Crippen LogP contribution in [0.5, 0.6) is 23.0 Å². The lowest BCUT2D eigenvalue weighted by atomic mass is 9.45. The van der Waals surface area contributed by atoms with E-state index in [0.29, 0.717) is 23.0 Å². The van der Waals surface area contributed by atoms with Gasteiger partial charge in [0.15, 0.2) is 28.6 Å². The van der Waals surface area contributed by atoms with E-state index in [1.54, 1.807) is 0 Å². The summed E-state index contributed by atoms with van der Waals surface area (Å²) in [5.74, 6) is 2.66. The lowest BCUT2D eigenvalue weighted by Crippen LogP contribution is -2.56. The van der Waals surface area contributed by atoms with E-state index in [0.717, 1.165) is 117 Å². The van der Waals surface area contributed by atoms with Crippen molar-refractivity contribution in [3.8, 4) is 45.3 Å². The summed E-state index contributed by atoms with van der Waals surface area (Å²) in [6, 6.07) is 91.3. The van der Waals surface area contributed by atoms with E-state index in [4.69, 9.17) is 13.9 Å². The fourth-order valence-electron chi connectivity index (χ4n) is 12.7. The summed E-state index contributed by atoms with van der Waals surface area (Å²) in [5, 5.41) is 2.08. The minimum absolute atomic E-state index is 0.122. The molecule has 16 rings (SSSR count). The van der Waals surface area contributed by atoms with Crippen LogP contribution < -0.4 is 35.1 Å². The van der Waals surface area contributed by atoms with Crippen molar-refractivity contribution < 1.29 is 13.9 Å². The van der Waals surface area contributed by atoms with Gasteiger partial charge in [-0.3, -0.25) is 0 Å². The molecule has 0 saturated carbocycles. The van der Waals surface area contributed by atoms with E-state index < -0.39 is 0 Å². The molecule has 0 atom stereocenters. The summed E-state index contributed by atoms with van der Waals surface area (Å²) in [7, 11) is 0. The van der Waals surface area contributed by atoms with Gasteiger partial charge in [-0.15, -0.1) is 0 Å². The van der Waals surface area contributed by atoms with Crippen LogP contribution in [-0.2, 0) is 5.41 Å². The van der Waals surface area contributed by atoms with Crippen molar-refractivity contribution in [2.24, 2.45) is 0 Å². The number of rotatable bonds is 8. The van der Waals surface area contributed by atoms with E-state index >= 15 is 0 Å². The van der Waals surface area contributed by atoms with Gasteiger partial charge in [-0.25, -0.2) is 0 Å². The Hall–Kier alpha value is -10.2. The van der Waals surface area contributed by atoms with Crippen LogP contribution >= 0.6 is 0 Å². The molecular weight excluding hydrogens is 980 g/mol. The van der Waals surface area contributed by atoms with Crippen LogP contribution in [0.2, 0.25) is 0 Å². The maximum atomic E-state index is 7.20. The molecule has 3 aliphatic rings. The van der Waals surface area contributed by atoms with Gasteiger partial charge in [0.05, 0.1) is 11.2 Å². The Morgan fingerprint density at radius 2 is 0.912 bits per heavy atom. The largest absolute Gasteiger partial charge is 0.454 e. The smallest absolute Gasteiger partial charge is 0.333 e. The number of anilines is 9. The average Bonchev–Trinajstić information content (AvgIpc) is 3.46. The third-order valence-corrected chi connectivity index (χ3v) is 16.3. The van der Waals surface area contributed by atoms with Crippen molar-refractivity contribution in [1.82, 2.24) is 4.48 Å². The third kappa shape index (κ3) is 7.08. The van der Waals surface area contributed by atoms with Gasteiger partial charge < -0.3 is 33.1 Å². The number of aromatic nitrogens is 1. The van der Waals surface area contributed by atoms with E-state index in [2.05, 4.69) is 270 Å². The number of furan rings is 1. The molecule has 0 N–H and O–H groups in total. The molecule has 0 saturated heterocycles. The second kappa shape index (κ2) is 17.7. The highest BCUT2D eigenvalue weighted by molar-refractivity contribution is 6.90. The molecule has 11 aromatic carbocycles. The zero-order valence-electron chi connectivity index (χ0n) is 44.3. The van der Waals surface area contributed by atoms with Crippen molar-refractivity contribution >= 4 is 102 Å². The van der Waals surface area contributed by atoms with Gasteiger partial charge in [-0.05, 0) is 148 Å². The molecule has 380 valence electrons. The molecule has 0 fully saturated rings. The highest BCUT2D eigenvalue weighted by atomic mass is 16.6. The van der Waals surface area contributed by atoms with Gasteiger partial charge in [-0.2, -0.15) is 0 Å². The fraction of sp³-hybridized carbons (Fsp3) is 0.0556. The normalized spacial score (nSPS) is 12.8. The maximum absolute atomic E-state index is 7.20. The Morgan fingerprint density at radius 3 is 1.51 bits per heavy atom. The van der Waals surface area contributed by atoms with Gasteiger partial charge in [0.1, 0.15) is 5.58 Å². The Bertz CT molecular complexity index is 4510. The van der Waals surface area contributed by atoms with Crippen LogP contribution in [0.3, 0.4) is 0 Å². The number of hydrogen-bond donors (Lipinski definition) is 0. The van der Waals surface area contributed by atoms with E-state index in [9.17, 15) is 0 Å². The SMILES string of the molecule is CC(C)(C)c1ccc(N2c3cc4c(cc3B3c5c(cc(N(c6ccccc6)c6ccccc6)cc52)-c2cc(N(c5ccccc5)c5ccccc5)cc5c6oc7ccccc7c6n3c25)Oc2ccccc2O4)c(-c2ccccc2)c1. The third-order valence-electron chi connectivity index (χ3n) is 16.3. The molecule has 5 heterocycles. The molecule has 7 nitrogen and oxygen atoms in total. The molecule has 0 bridgehead atoms. The van der Waals surface area contributed by atoms with Gasteiger partial charge in [0.25, 0.3) is 0 Å². The second-order valence-corrected chi connectivity index (χ2v) is 22.1.